The molecule has 1 N–H and O–H groups in total. The van der Waals surface area contributed by atoms with Gasteiger partial charge >= 0.3 is 0 Å². The minimum absolute atomic E-state index is 0.160. The van der Waals surface area contributed by atoms with Crippen LogP contribution in [0.3, 0.4) is 0 Å². The third-order valence-corrected chi connectivity index (χ3v) is 8.13. The smallest absolute Gasteiger partial charge is 0.254 e. The average molecular weight is 517 g/mol. The fourth-order valence-electron chi connectivity index (χ4n) is 6.24. The van der Waals surface area contributed by atoms with Crippen LogP contribution in [0.25, 0.3) is 0 Å². The van der Waals surface area contributed by atoms with Crippen molar-refractivity contribution >= 4 is 11.9 Å². The van der Waals surface area contributed by atoms with Crippen LogP contribution in [0.4, 0.5) is 5.95 Å². The molecule has 1 saturated heterocycles. The minimum Gasteiger partial charge on any atom is -0.489 e. The highest BCUT2D eigenvalue weighted by Gasteiger charge is 2.64. The Hall–Kier alpha value is -3.69. The molecular formula is C29H36N6O3. The number of carbonyl (C=O) groups excluding carboxylic acids is 1. The van der Waals surface area contributed by atoms with Crippen molar-refractivity contribution in [2.24, 2.45) is 16.7 Å². The van der Waals surface area contributed by atoms with E-state index in [9.17, 15) is 15.3 Å². The Morgan fingerprint density at radius 3 is 2.29 bits per heavy atom. The monoisotopic (exact) mass is 516 g/mol. The molecule has 1 aliphatic heterocycles. The van der Waals surface area contributed by atoms with Crippen molar-refractivity contribution in [3.63, 3.8) is 0 Å². The summed E-state index contributed by atoms with van der Waals surface area (Å²) in [5.74, 6) is 1.64. The molecule has 9 heteroatoms. The average Bonchev–Trinajstić information content (AvgIpc) is 2.93. The second-order valence-electron chi connectivity index (χ2n) is 11.5. The highest BCUT2D eigenvalue weighted by atomic mass is 16.5. The van der Waals surface area contributed by atoms with Crippen LogP contribution in [0.2, 0.25) is 0 Å². The molecular weight excluding hydrogens is 480 g/mol. The lowest BCUT2D eigenvalue weighted by Gasteiger charge is -2.63. The lowest BCUT2D eigenvalue weighted by Crippen LogP contribution is -2.74. The molecule has 9 nitrogen and oxygen atoms in total. The van der Waals surface area contributed by atoms with Gasteiger partial charge in [0.1, 0.15) is 24.0 Å². The molecule has 2 heterocycles. The van der Waals surface area contributed by atoms with E-state index in [1.165, 1.54) is 0 Å². The number of methoxy groups -OCH3 is 1. The Morgan fingerprint density at radius 1 is 1.08 bits per heavy atom. The van der Waals surface area contributed by atoms with Crippen LogP contribution >= 0.6 is 0 Å². The van der Waals surface area contributed by atoms with E-state index in [0.29, 0.717) is 28.7 Å². The molecule has 1 aliphatic carbocycles. The summed E-state index contributed by atoms with van der Waals surface area (Å²) in [4.78, 5) is 24.3. The number of aromatic nitrogens is 2. The molecule has 38 heavy (non-hydrogen) atoms. The van der Waals surface area contributed by atoms with Gasteiger partial charge in [0.25, 0.3) is 5.91 Å². The summed E-state index contributed by atoms with van der Waals surface area (Å²) in [6.45, 7) is 10.8. The number of nitriles is 2. The number of ether oxygens (including phenoxy) is 2. The first-order valence-electron chi connectivity index (χ1n) is 13.1. The molecule has 2 aromatic rings. The molecule has 200 valence electrons. The Labute approximate surface area is 224 Å². The van der Waals surface area contributed by atoms with Gasteiger partial charge < -0.3 is 19.7 Å². The van der Waals surface area contributed by atoms with E-state index in [1.54, 1.807) is 37.7 Å². The number of rotatable bonds is 8. The number of amides is 1. The van der Waals surface area contributed by atoms with Crippen molar-refractivity contribution in [1.29, 1.82) is 10.5 Å². The minimum atomic E-state index is -0.381. The third-order valence-electron chi connectivity index (χ3n) is 8.13. The van der Waals surface area contributed by atoms with Gasteiger partial charge in [0.15, 0.2) is 0 Å². The van der Waals surface area contributed by atoms with Gasteiger partial charge in [-0.15, -0.1) is 0 Å². The van der Waals surface area contributed by atoms with E-state index in [1.807, 2.05) is 12.1 Å². The molecule has 1 aromatic heterocycles. The van der Waals surface area contributed by atoms with Crippen molar-refractivity contribution in [2.45, 2.75) is 59.1 Å². The summed E-state index contributed by atoms with van der Waals surface area (Å²) in [5, 5.41) is 21.7. The Kier molecular flexibility index (Phi) is 7.89. The van der Waals surface area contributed by atoms with E-state index < -0.39 is 0 Å². The molecule has 4 rings (SSSR count). The summed E-state index contributed by atoms with van der Waals surface area (Å²) >= 11 is 0. The van der Waals surface area contributed by atoms with Crippen LogP contribution < -0.4 is 15.0 Å². The SMILES string of the molecule is COCCC1CCN(c2ncc(C(=O)NC3C(C)(C)C(Oc4ccc(C#N)c(C#N)c4)C3(C)C)cn2)CC1. The number of hydrogen-bond acceptors (Lipinski definition) is 8. The first kappa shape index (κ1) is 27.3. The zero-order valence-corrected chi connectivity index (χ0v) is 22.8. The van der Waals surface area contributed by atoms with Crippen LogP contribution in [0.1, 0.15) is 68.4 Å². The number of piperidine rings is 1. The number of nitrogens with zero attached hydrogens (tertiary/aromatic N) is 5. The van der Waals surface area contributed by atoms with Gasteiger partial charge in [-0.05, 0) is 43.4 Å². The molecule has 0 bridgehead atoms. The predicted octanol–water partition coefficient (Wildman–Crippen LogP) is 4.08. The van der Waals surface area contributed by atoms with Crippen molar-refractivity contribution in [1.82, 2.24) is 15.3 Å². The molecule has 2 aliphatic rings. The number of hydrogen-bond donors (Lipinski definition) is 1. The Bertz CT molecular complexity index is 1220. The third kappa shape index (κ3) is 5.30. The van der Waals surface area contributed by atoms with Crippen LogP contribution in [-0.4, -0.2) is 54.8 Å². The maximum absolute atomic E-state index is 13.1. The van der Waals surface area contributed by atoms with E-state index in [0.717, 1.165) is 39.0 Å². The normalized spacial score (nSPS) is 22.0. The van der Waals surface area contributed by atoms with E-state index in [-0.39, 0.29) is 34.4 Å². The Balaban J connectivity index is 1.37. The van der Waals surface area contributed by atoms with Gasteiger partial charge in [-0.1, -0.05) is 27.7 Å². The zero-order valence-electron chi connectivity index (χ0n) is 22.8. The van der Waals surface area contributed by atoms with Crippen LogP contribution in [-0.2, 0) is 4.74 Å². The van der Waals surface area contributed by atoms with Crippen molar-refractivity contribution in [2.75, 3.05) is 31.7 Å². The summed E-state index contributed by atoms with van der Waals surface area (Å²) in [5.41, 5.74) is 0.257. The van der Waals surface area contributed by atoms with Crippen LogP contribution in [0.15, 0.2) is 30.6 Å². The number of anilines is 1. The second kappa shape index (κ2) is 11.0. The van der Waals surface area contributed by atoms with Gasteiger partial charge in [-0.25, -0.2) is 9.97 Å². The standard InChI is InChI=1S/C29H36N6O3/c1-28(2)25(29(3,4)26(28)38-23-7-6-20(15-30)21(14-23)16-31)34-24(36)22-17-32-27(33-18-22)35-11-8-19(9-12-35)10-13-37-5/h6-7,14,17-19,25-26H,8-13H2,1-5H3,(H,34,36). The number of nitrogens with one attached hydrogen (secondary N) is 1. The maximum atomic E-state index is 13.1. The molecule has 0 atom stereocenters. The lowest BCUT2D eigenvalue weighted by atomic mass is 9.49. The van der Waals surface area contributed by atoms with Crippen LogP contribution in [0.5, 0.6) is 5.75 Å². The van der Waals surface area contributed by atoms with E-state index in [2.05, 4.69) is 47.9 Å². The molecule has 1 saturated carbocycles. The van der Waals surface area contributed by atoms with Crippen molar-refractivity contribution in [3.05, 3.63) is 47.3 Å². The molecule has 0 radical (unpaired) electrons. The van der Waals surface area contributed by atoms with Gasteiger partial charge in [0, 0.05) is 56.1 Å². The quantitative estimate of drug-likeness (QED) is 0.556. The number of carbonyl (C=O) groups is 1. The lowest BCUT2D eigenvalue weighted by molar-refractivity contribution is -0.164. The predicted molar refractivity (Wildman–Crippen MR) is 143 cm³/mol. The van der Waals surface area contributed by atoms with Gasteiger partial charge in [-0.2, -0.15) is 10.5 Å². The first-order chi connectivity index (χ1) is 18.1. The van der Waals surface area contributed by atoms with Crippen molar-refractivity contribution in [3.8, 4) is 17.9 Å². The largest absolute Gasteiger partial charge is 0.489 e. The zero-order chi connectivity index (χ0) is 27.5. The summed E-state index contributed by atoms with van der Waals surface area (Å²) in [6.07, 6.45) is 6.24. The van der Waals surface area contributed by atoms with Gasteiger partial charge in [-0.3, -0.25) is 4.79 Å². The van der Waals surface area contributed by atoms with Gasteiger partial charge in [0.05, 0.1) is 16.7 Å². The second-order valence-corrected chi connectivity index (χ2v) is 11.5. The first-order valence-corrected chi connectivity index (χ1v) is 13.1. The highest BCUT2D eigenvalue weighted by Crippen LogP contribution is 2.55. The highest BCUT2D eigenvalue weighted by molar-refractivity contribution is 5.94. The molecule has 1 aromatic carbocycles. The summed E-state index contributed by atoms with van der Waals surface area (Å²) in [6, 6.07) is 8.80. The number of benzene rings is 1. The van der Waals surface area contributed by atoms with Crippen LogP contribution in [0, 0.1) is 39.4 Å². The molecule has 2 fully saturated rings. The fraction of sp³-hybridized carbons (Fsp3) is 0.552. The Morgan fingerprint density at radius 2 is 1.71 bits per heavy atom. The fourth-order valence-corrected chi connectivity index (χ4v) is 6.24. The summed E-state index contributed by atoms with van der Waals surface area (Å²) < 4.78 is 11.5. The molecule has 0 spiro atoms. The topological polar surface area (TPSA) is 124 Å². The van der Waals surface area contributed by atoms with E-state index >= 15 is 0 Å². The maximum Gasteiger partial charge on any atom is 0.254 e. The summed E-state index contributed by atoms with van der Waals surface area (Å²) in [7, 11) is 1.74. The molecule has 0 unspecified atom stereocenters. The van der Waals surface area contributed by atoms with Gasteiger partial charge in [0.2, 0.25) is 5.95 Å². The molecule has 1 amide bonds. The van der Waals surface area contributed by atoms with E-state index in [4.69, 9.17) is 9.47 Å². The van der Waals surface area contributed by atoms with Crippen molar-refractivity contribution < 1.29 is 14.3 Å².